The second kappa shape index (κ2) is 12.1. The van der Waals surface area contributed by atoms with E-state index in [-0.39, 0.29) is 5.41 Å². The summed E-state index contributed by atoms with van der Waals surface area (Å²) in [5.74, 6) is 1.62. The van der Waals surface area contributed by atoms with Crippen LogP contribution in [0.15, 0.2) is 53.4 Å². The number of nitrogens with zero attached hydrogens (tertiary/aromatic N) is 5. The lowest BCUT2D eigenvalue weighted by Crippen LogP contribution is -2.48. The number of fused-ring (bicyclic) bond motifs is 1. The van der Waals surface area contributed by atoms with Gasteiger partial charge in [-0.25, -0.2) is 18.4 Å². The van der Waals surface area contributed by atoms with Gasteiger partial charge in [0, 0.05) is 38.1 Å². The van der Waals surface area contributed by atoms with Crippen molar-refractivity contribution in [3.8, 4) is 0 Å². The highest BCUT2D eigenvalue weighted by Crippen LogP contribution is 2.28. The molecule has 1 aliphatic rings. The quantitative estimate of drug-likeness (QED) is 0.367. The van der Waals surface area contributed by atoms with Crippen molar-refractivity contribution in [2.24, 2.45) is 0 Å². The molecule has 2 heterocycles. The second-order valence-corrected chi connectivity index (χ2v) is 13.0. The Bertz CT molecular complexity index is 1320. The van der Waals surface area contributed by atoms with E-state index in [0.717, 1.165) is 54.0 Å². The van der Waals surface area contributed by atoms with Gasteiger partial charge in [0.2, 0.25) is 10.0 Å². The molecular formula is C29H42N6O2S. The van der Waals surface area contributed by atoms with Gasteiger partial charge in [0.1, 0.15) is 11.6 Å². The molecule has 0 atom stereocenters. The van der Waals surface area contributed by atoms with Gasteiger partial charge in [-0.3, -0.25) is 4.90 Å². The number of rotatable bonds is 11. The van der Waals surface area contributed by atoms with Crippen LogP contribution in [0.25, 0.3) is 10.9 Å². The third-order valence-corrected chi connectivity index (χ3v) is 9.49. The maximum absolute atomic E-state index is 13.3. The average Bonchev–Trinajstić information content (AvgIpc) is 2.91. The summed E-state index contributed by atoms with van der Waals surface area (Å²) in [6, 6.07) is 15.5. The van der Waals surface area contributed by atoms with E-state index >= 15 is 0 Å². The lowest BCUT2D eigenvalue weighted by molar-refractivity contribution is 0.178. The summed E-state index contributed by atoms with van der Waals surface area (Å²) in [7, 11) is 0.633. The van der Waals surface area contributed by atoms with E-state index in [4.69, 9.17) is 9.97 Å². The van der Waals surface area contributed by atoms with Gasteiger partial charge in [-0.1, -0.05) is 45.0 Å². The standard InChI is InChI=1S/C29H42N6O2S/c1-6-29(2,3)23-12-14-24(15-13-23)38(36,37)35-20-18-34(19-21-35)22-27-31-26-11-8-7-10-25(26)28(32-27)30-16-9-17-33(4)5/h7-8,10-15H,6,9,16-22H2,1-5H3,(H,30,31,32). The number of sulfonamides is 1. The van der Waals surface area contributed by atoms with Crippen molar-refractivity contribution in [2.45, 2.75) is 50.5 Å². The number of nitrogens with one attached hydrogen (secondary N) is 1. The summed E-state index contributed by atoms with van der Waals surface area (Å²) < 4.78 is 28.2. The molecule has 0 aliphatic carbocycles. The largest absolute Gasteiger partial charge is 0.369 e. The molecular weight excluding hydrogens is 496 g/mol. The lowest BCUT2D eigenvalue weighted by Gasteiger charge is -2.33. The molecule has 1 aliphatic heterocycles. The molecule has 1 N–H and O–H groups in total. The number of benzene rings is 2. The second-order valence-electron chi connectivity index (χ2n) is 11.0. The van der Waals surface area contributed by atoms with E-state index in [0.29, 0.717) is 37.6 Å². The highest BCUT2D eigenvalue weighted by atomic mass is 32.2. The minimum atomic E-state index is -3.52. The summed E-state index contributed by atoms with van der Waals surface area (Å²) in [6.07, 6.45) is 2.02. The highest BCUT2D eigenvalue weighted by Gasteiger charge is 2.29. The van der Waals surface area contributed by atoms with Gasteiger partial charge in [0.15, 0.2) is 0 Å². The molecule has 0 spiro atoms. The van der Waals surface area contributed by atoms with Crippen molar-refractivity contribution < 1.29 is 8.42 Å². The predicted octanol–water partition coefficient (Wildman–Crippen LogP) is 4.19. The zero-order valence-corrected chi connectivity index (χ0v) is 24.3. The molecule has 1 saturated heterocycles. The van der Waals surface area contributed by atoms with E-state index in [1.807, 2.05) is 36.4 Å². The molecule has 0 saturated carbocycles. The van der Waals surface area contributed by atoms with Crippen molar-refractivity contribution in [3.05, 3.63) is 59.9 Å². The lowest BCUT2D eigenvalue weighted by atomic mass is 9.82. The average molecular weight is 539 g/mol. The molecule has 1 fully saturated rings. The fourth-order valence-corrected chi connectivity index (χ4v) is 6.11. The third kappa shape index (κ3) is 6.69. The van der Waals surface area contributed by atoms with Crippen molar-refractivity contribution in [2.75, 3.05) is 58.7 Å². The minimum absolute atomic E-state index is 0.0281. The SMILES string of the molecule is CCC(C)(C)c1ccc(S(=O)(=O)N2CCN(Cc3nc(NCCCN(C)C)c4ccccc4n3)CC2)cc1. The first-order valence-corrected chi connectivity index (χ1v) is 15.0. The van der Waals surface area contributed by atoms with Crippen LogP contribution in [0.3, 0.4) is 0 Å². The summed E-state index contributed by atoms with van der Waals surface area (Å²) >= 11 is 0. The van der Waals surface area contributed by atoms with E-state index in [9.17, 15) is 8.42 Å². The van der Waals surface area contributed by atoms with Gasteiger partial charge in [0.05, 0.1) is 17.0 Å². The molecule has 0 unspecified atom stereocenters. The first-order valence-electron chi connectivity index (χ1n) is 13.6. The predicted molar refractivity (Wildman–Crippen MR) is 155 cm³/mol. The first kappa shape index (κ1) is 28.4. The fourth-order valence-electron chi connectivity index (χ4n) is 4.69. The summed E-state index contributed by atoms with van der Waals surface area (Å²) in [4.78, 5) is 14.4. The Hall–Kier alpha value is -2.59. The smallest absolute Gasteiger partial charge is 0.243 e. The maximum Gasteiger partial charge on any atom is 0.243 e. The molecule has 9 heteroatoms. The molecule has 38 heavy (non-hydrogen) atoms. The minimum Gasteiger partial charge on any atom is -0.369 e. The summed E-state index contributed by atoms with van der Waals surface area (Å²) in [5, 5.41) is 4.52. The van der Waals surface area contributed by atoms with Crippen molar-refractivity contribution >= 4 is 26.7 Å². The van der Waals surface area contributed by atoms with Crippen molar-refractivity contribution in [1.82, 2.24) is 24.1 Å². The number of piperazine rings is 1. The van der Waals surface area contributed by atoms with Gasteiger partial charge in [0.25, 0.3) is 0 Å². The van der Waals surface area contributed by atoms with E-state index in [2.05, 4.69) is 50.0 Å². The Morgan fingerprint density at radius 1 is 0.974 bits per heavy atom. The van der Waals surface area contributed by atoms with Crippen LogP contribution in [0.2, 0.25) is 0 Å². The van der Waals surface area contributed by atoms with Crippen molar-refractivity contribution in [3.63, 3.8) is 0 Å². The number of aromatic nitrogens is 2. The number of para-hydroxylation sites is 1. The molecule has 0 bridgehead atoms. The molecule has 4 rings (SSSR count). The molecule has 3 aromatic rings. The van der Waals surface area contributed by atoms with Crippen LogP contribution >= 0.6 is 0 Å². The van der Waals surface area contributed by atoms with E-state index < -0.39 is 10.0 Å². The monoisotopic (exact) mass is 538 g/mol. The normalized spacial score (nSPS) is 15.8. The van der Waals surface area contributed by atoms with Crippen LogP contribution in [0.5, 0.6) is 0 Å². The van der Waals surface area contributed by atoms with Crippen LogP contribution in [0.1, 0.15) is 45.0 Å². The topological polar surface area (TPSA) is 81.7 Å². The molecule has 8 nitrogen and oxygen atoms in total. The highest BCUT2D eigenvalue weighted by molar-refractivity contribution is 7.89. The Morgan fingerprint density at radius 3 is 2.32 bits per heavy atom. The summed E-state index contributed by atoms with van der Waals surface area (Å²) in [6.45, 7) is 11.1. The fraction of sp³-hybridized carbons (Fsp3) is 0.517. The van der Waals surface area contributed by atoms with Gasteiger partial charge < -0.3 is 10.2 Å². The molecule has 1 aromatic heterocycles. The third-order valence-electron chi connectivity index (χ3n) is 7.58. The van der Waals surface area contributed by atoms with Crippen LogP contribution < -0.4 is 5.32 Å². The van der Waals surface area contributed by atoms with Gasteiger partial charge in [-0.15, -0.1) is 0 Å². The van der Waals surface area contributed by atoms with Crippen LogP contribution in [0, 0.1) is 0 Å². The number of hydrogen-bond donors (Lipinski definition) is 1. The van der Waals surface area contributed by atoms with Crippen LogP contribution in [-0.4, -0.2) is 85.9 Å². The number of hydrogen-bond acceptors (Lipinski definition) is 7. The zero-order valence-electron chi connectivity index (χ0n) is 23.4. The molecule has 206 valence electrons. The Balaban J connectivity index is 1.40. The van der Waals surface area contributed by atoms with Gasteiger partial charge in [-0.05, 0) is 68.7 Å². The molecule has 0 amide bonds. The van der Waals surface area contributed by atoms with Gasteiger partial charge >= 0.3 is 0 Å². The van der Waals surface area contributed by atoms with E-state index in [1.165, 1.54) is 0 Å². The Labute approximate surface area is 228 Å². The Morgan fingerprint density at radius 2 is 1.66 bits per heavy atom. The Kier molecular flexibility index (Phi) is 9.03. The maximum atomic E-state index is 13.3. The summed E-state index contributed by atoms with van der Waals surface area (Å²) in [5.41, 5.74) is 2.11. The van der Waals surface area contributed by atoms with Gasteiger partial charge in [-0.2, -0.15) is 4.31 Å². The zero-order chi connectivity index (χ0) is 27.3. The van der Waals surface area contributed by atoms with E-state index in [1.54, 1.807) is 16.4 Å². The van der Waals surface area contributed by atoms with Crippen LogP contribution in [-0.2, 0) is 22.0 Å². The number of anilines is 1. The molecule has 2 aromatic carbocycles. The van der Waals surface area contributed by atoms with Crippen LogP contribution in [0.4, 0.5) is 5.82 Å². The molecule has 0 radical (unpaired) electrons. The van der Waals surface area contributed by atoms with Crippen molar-refractivity contribution in [1.29, 1.82) is 0 Å². The first-order chi connectivity index (χ1) is 18.1.